The number of allylic oxidation sites excluding steroid dienone is 2. The first-order valence-electron chi connectivity index (χ1n) is 1.70. The topological polar surface area (TPSA) is 49.8 Å². The first-order chi connectivity index (χ1) is 3.18. The molecule has 3 heteroatoms. The molecule has 0 radical (unpaired) electrons. The van der Waals surface area contributed by atoms with Gasteiger partial charge in [-0.05, 0) is 22.9 Å². The molecule has 0 rings (SSSR count). The Hall–Kier alpha value is -0.490. The summed E-state index contributed by atoms with van der Waals surface area (Å²) in [6.45, 7) is 1.66. The lowest BCUT2D eigenvalue weighted by atomic mass is 10.5. The lowest BCUT2D eigenvalue weighted by molar-refractivity contribution is 1.31. The minimum Gasteiger partial charge on any atom is -0.401 e. The van der Waals surface area contributed by atoms with Crippen molar-refractivity contribution in [2.24, 2.45) is 5.73 Å². The highest BCUT2D eigenvalue weighted by Crippen LogP contribution is 2.03. The second-order valence-corrected chi connectivity index (χ2v) is 1.90. The molecule has 0 spiro atoms. The standard InChI is InChI=1S/C4H5BrN2/c1-3(7)4(5)2-6/h7H2,1H3/b4-3+. The van der Waals surface area contributed by atoms with Crippen LogP contribution in [0.1, 0.15) is 6.92 Å². The Morgan fingerprint density at radius 2 is 2.29 bits per heavy atom. The summed E-state index contributed by atoms with van der Waals surface area (Å²) in [6.07, 6.45) is 0. The van der Waals surface area contributed by atoms with Crippen molar-refractivity contribution < 1.29 is 0 Å². The average Bonchev–Trinajstić information content (AvgIpc) is 1.65. The second-order valence-electron chi connectivity index (χ2n) is 1.11. The van der Waals surface area contributed by atoms with Crippen LogP contribution in [0, 0.1) is 11.3 Å². The third-order valence-corrected chi connectivity index (χ3v) is 1.25. The fourth-order valence-electron chi connectivity index (χ4n) is 0.0882. The molecular formula is C4H5BrN2. The average molecular weight is 161 g/mol. The molecule has 0 aliphatic heterocycles. The summed E-state index contributed by atoms with van der Waals surface area (Å²) < 4.78 is 0.410. The van der Waals surface area contributed by atoms with Gasteiger partial charge in [0.05, 0.1) is 0 Å². The fraction of sp³-hybridized carbons (Fsp3) is 0.250. The molecule has 0 fully saturated rings. The number of hydrogen-bond acceptors (Lipinski definition) is 2. The van der Waals surface area contributed by atoms with E-state index in [0.717, 1.165) is 0 Å². The number of halogens is 1. The lowest BCUT2D eigenvalue weighted by Crippen LogP contribution is -1.91. The number of rotatable bonds is 0. The van der Waals surface area contributed by atoms with Crippen LogP contribution in [0.15, 0.2) is 10.2 Å². The van der Waals surface area contributed by atoms with E-state index in [1.165, 1.54) is 0 Å². The highest BCUT2D eigenvalue weighted by Gasteiger charge is 1.86. The molecule has 0 aromatic heterocycles. The zero-order valence-electron chi connectivity index (χ0n) is 3.90. The highest BCUT2D eigenvalue weighted by atomic mass is 79.9. The number of nitriles is 1. The first-order valence-corrected chi connectivity index (χ1v) is 2.49. The largest absolute Gasteiger partial charge is 0.401 e. The molecule has 38 valence electrons. The Kier molecular flexibility index (Phi) is 2.46. The van der Waals surface area contributed by atoms with Gasteiger partial charge in [-0.15, -0.1) is 0 Å². The van der Waals surface area contributed by atoms with Gasteiger partial charge in [0.15, 0.2) is 0 Å². The van der Waals surface area contributed by atoms with Crippen LogP contribution in [0.4, 0.5) is 0 Å². The maximum atomic E-state index is 8.07. The predicted molar refractivity (Wildman–Crippen MR) is 31.4 cm³/mol. The van der Waals surface area contributed by atoms with E-state index >= 15 is 0 Å². The molecule has 2 nitrogen and oxygen atoms in total. The Bertz CT molecular complexity index is 127. The summed E-state index contributed by atoms with van der Waals surface area (Å²) in [6, 6.07) is 1.84. The summed E-state index contributed by atoms with van der Waals surface area (Å²) in [5, 5.41) is 8.07. The van der Waals surface area contributed by atoms with Crippen molar-refractivity contribution in [3.8, 4) is 6.07 Å². The number of nitrogens with zero attached hydrogens (tertiary/aromatic N) is 1. The maximum absolute atomic E-state index is 8.07. The smallest absolute Gasteiger partial charge is 0.113 e. The molecule has 0 saturated carbocycles. The molecule has 0 aromatic rings. The molecule has 0 heterocycles. The molecule has 7 heavy (non-hydrogen) atoms. The van der Waals surface area contributed by atoms with Gasteiger partial charge < -0.3 is 5.73 Å². The normalized spacial score (nSPS) is 12.1. The summed E-state index contributed by atoms with van der Waals surface area (Å²) in [7, 11) is 0. The van der Waals surface area contributed by atoms with E-state index in [0.29, 0.717) is 10.2 Å². The van der Waals surface area contributed by atoms with Gasteiger partial charge >= 0.3 is 0 Å². The van der Waals surface area contributed by atoms with Crippen LogP contribution < -0.4 is 5.73 Å². The van der Waals surface area contributed by atoms with Crippen molar-refractivity contribution in [2.75, 3.05) is 0 Å². The zero-order valence-corrected chi connectivity index (χ0v) is 5.49. The molecule has 0 aromatic carbocycles. The molecule has 0 aliphatic carbocycles. The van der Waals surface area contributed by atoms with Gasteiger partial charge in [0.1, 0.15) is 10.6 Å². The minimum absolute atomic E-state index is 0.410. The van der Waals surface area contributed by atoms with Crippen LogP contribution in [0.2, 0.25) is 0 Å². The third kappa shape index (κ3) is 2.24. The van der Waals surface area contributed by atoms with Gasteiger partial charge in [-0.3, -0.25) is 0 Å². The van der Waals surface area contributed by atoms with Crippen LogP contribution in [0.25, 0.3) is 0 Å². The van der Waals surface area contributed by atoms with E-state index in [2.05, 4.69) is 15.9 Å². The van der Waals surface area contributed by atoms with Crippen molar-refractivity contribution in [1.29, 1.82) is 5.26 Å². The monoisotopic (exact) mass is 160 g/mol. The van der Waals surface area contributed by atoms with Gasteiger partial charge in [-0.25, -0.2) is 0 Å². The Labute approximate surface area is 50.7 Å². The molecule has 0 atom stereocenters. The molecule has 0 aliphatic rings. The summed E-state index contributed by atoms with van der Waals surface area (Å²) in [4.78, 5) is 0. The van der Waals surface area contributed by atoms with E-state index in [9.17, 15) is 0 Å². The van der Waals surface area contributed by atoms with Crippen LogP contribution in [-0.2, 0) is 0 Å². The van der Waals surface area contributed by atoms with Crippen molar-refractivity contribution in [1.82, 2.24) is 0 Å². The highest BCUT2D eigenvalue weighted by molar-refractivity contribution is 9.12. The first kappa shape index (κ1) is 6.51. The molecule has 0 unspecified atom stereocenters. The van der Waals surface area contributed by atoms with Crippen LogP contribution >= 0.6 is 15.9 Å². The molecule has 0 bridgehead atoms. The van der Waals surface area contributed by atoms with E-state index in [1.807, 2.05) is 6.07 Å². The van der Waals surface area contributed by atoms with Crippen LogP contribution in [0.5, 0.6) is 0 Å². The second kappa shape index (κ2) is 2.64. The quantitative estimate of drug-likeness (QED) is 0.540. The van der Waals surface area contributed by atoms with Crippen molar-refractivity contribution >= 4 is 15.9 Å². The number of nitrogens with two attached hydrogens (primary N) is 1. The Morgan fingerprint density at radius 3 is 2.29 bits per heavy atom. The van der Waals surface area contributed by atoms with E-state index in [4.69, 9.17) is 11.0 Å². The third-order valence-electron chi connectivity index (χ3n) is 0.444. The van der Waals surface area contributed by atoms with E-state index < -0.39 is 0 Å². The van der Waals surface area contributed by atoms with Gasteiger partial charge in [0, 0.05) is 5.70 Å². The van der Waals surface area contributed by atoms with Gasteiger partial charge in [-0.2, -0.15) is 5.26 Å². The fourth-order valence-corrected chi connectivity index (χ4v) is 0.0882. The Morgan fingerprint density at radius 1 is 1.86 bits per heavy atom. The van der Waals surface area contributed by atoms with E-state index in [-0.39, 0.29) is 0 Å². The molecule has 0 amide bonds. The zero-order chi connectivity index (χ0) is 5.86. The Balaban J connectivity index is 4.07. The minimum atomic E-state index is 0.410. The van der Waals surface area contributed by atoms with Gasteiger partial charge in [0.25, 0.3) is 0 Å². The molecular weight excluding hydrogens is 156 g/mol. The number of hydrogen-bond donors (Lipinski definition) is 1. The van der Waals surface area contributed by atoms with Gasteiger partial charge in [-0.1, -0.05) is 0 Å². The van der Waals surface area contributed by atoms with Gasteiger partial charge in [0.2, 0.25) is 0 Å². The molecule has 2 N–H and O–H groups in total. The van der Waals surface area contributed by atoms with Crippen molar-refractivity contribution in [3.63, 3.8) is 0 Å². The summed E-state index contributed by atoms with van der Waals surface area (Å²) >= 11 is 2.93. The van der Waals surface area contributed by atoms with Crippen LogP contribution in [-0.4, -0.2) is 0 Å². The summed E-state index contributed by atoms with van der Waals surface area (Å²) in [5.41, 5.74) is 5.67. The van der Waals surface area contributed by atoms with Crippen molar-refractivity contribution in [2.45, 2.75) is 6.92 Å². The molecule has 0 saturated heterocycles. The summed E-state index contributed by atoms with van der Waals surface area (Å²) in [5.74, 6) is 0. The maximum Gasteiger partial charge on any atom is 0.113 e. The predicted octanol–water partition coefficient (Wildman–Crippen LogP) is 1.10. The lowest BCUT2D eigenvalue weighted by Gasteiger charge is -1.83. The van der Waals surface area contributed by atoms with E-state index in [1.54, 1.807) is 6.92 Å². The SMILES string of the molecule is C/C(N)=C(\Br)C#N. The van der Waals surface area contributed by atoms with Crippen molar-refractivity contribution in [3.05, 3.63) is 10.2 Å². The van der Waals surface area contributed by atoms with Crippen LogP contribution in [0.3, 0.4) is 0 Å².